The van der Waals surface area contributed by atoms with Gasteiger partial charge in [-0.05, 0) is 31.5 Å². The van der Waals surface area contributed by atoms with Gasteiger partial charge >= 0.3 is 5.97 Å². The van der Waals surface area contributed by atoms with E-state index >= 15 is 0 Å². The van der Waals surface area contributed by atoms with Gasteiger partial charge in [-0.25, -0.2) is 17.2 Å². The minimum absolute atomic E-state index is 0.0472. The Morgan fingerprint density at radius 1 is 1.21 bits per heavy atom. The summed E-state index contributed by atoms with van der Waals surface area (Å²) >= 11 is 0. The molecular formula is C17H16F2N2O6S. The van der Waals surface area contributed by atoms with Crippen LogP contribution < -0.4 is 4.31 Å². The fourth-order valence-corrected chi connectivity index (χ4v) is 4.07. The van der Waals surface area contributed by atoms with E-state index in [1.54, 1.807) is 0 Å². The van der Waals surface area contributed by atoms with Crippen molar-refractivity contribution in [3.8, 4) is 0 Å². The Bertz CT molecular complexity index is 1030. The van der Waals surface area contributed by atoms with Crippen molar-refractivity contribution >= 4 is 27.4 Å². The number of non-ortho nitro benzene ring substituents is 1. The Labute approximate surface area is 159 Å². The van der Waals surface area contributed by atoms with Crippen molar-refractivity contribution in [2.24, 2.45) is 0 Å². The van der Waals surface area contributed by atoms with Gasteiger partial charge in [0.05, 0.1) is 22.1 Å². The number of rotatable bonds is 7. The summed E-state index contributed by atoms with van der Waals surface area (Å²) in [6.07, 6.45) is 0. The number of halogens is 2. The SMILES string of the molecule is CCOC(=O)CN(c1ccc(F)cc1F)S(=O)(=O)c1cc([N+](=O)[O-])ccc1C. The van der Waals surface area contributed by atoms with Crippen molar-refractivity contribution in [1.29, 1.82) is 0 Å². The Morgan fingerprint density at radius 3 is 2.46 bits per heavy atom. The van der Waals surface area contributed by atoms with Crippen LogP contribution in [0.5, 0.6) is 0 Å². The quantitative estimate of drug-likeness (QED) is 0.392. The minimum atomic E-state index is -4.62. The molecule has 0 saturated carbocycles. The van der Waals surface area contributed by atoms with Crippen LogP contribution in [0.4, 0.5) is 20.2 Å². The lowest BCUT2D eigenvalue weighted by molar-refractivity contribution is -0.385. The third-order valence-corrected chi connectivity index (χ3v) is 5.61. The lowest BCUT2D eigenvalue weighted by atomic mass is 10.2. The van der Waals surface area contributed by atoms with Crippen molar-refractivity contribution in [2.75, 3.05) is 17.5 Å². The number of esters is 1. The van der Waals surface area contributed by atoms with Crippen molar-refractivity contribution < 1.29 is 31.7 Å². The molecule has 0 heterocycles. The number of nitrogens with zero attached hydrogens (tertiary/aromatic N) is 2. The largest absolute Gasteiger partial charge is 0.465 e. The van der Waals surface area contributed by atoms with Gasteiger partial charge in [-0.15, -0.1) is 0 Å². The van der Waals surface area contributed by atoms with Crippen LogP contribution in [-0.2, 0) is 19.6 Å². The highest BCUT2D eigenvalue weighted by Gasteiger charge is 2.32. The molecule has 2 aromatic rings. The molecule has 0 amide bonds. The second-order valence-corrected chi connectivity index (χ2v) is 7.45. The molecule has 0 fully saturated rings. The molecular weight excluding hydrogens is 398 g/mol. The Balaban J connectivity index is 2.66. The van der Waals surface area contributed by atoms with Crippen molar-refractivity contribution in [1.82, 2.24) is 0 Å². The number of benzene rings is 2. The molecule has 2 aromatic carbocycles. The summed E-state index contributed by atoms with van der Waals surface area (Å²) in [5, 5.41) is 11.0. The van der Waals surface area contributed by atoms with Crippen molar-refractivity contribution in [3.63, 3.8) is 0 Å². The van der Waals surface area contributed by atoms with Crippen molar-refractivity contribution in [3.05, 3.63) is 63.7 Å². The number of nitro groups is 1. The lowest BCUT2D eigenvalue weighted by Crippen LogP contribution is -2.37. The highest BCUT2D eigenvalue weighted by molar-refractivity contribution is 7.93. The number of hydrogen-bond donors (Lipinski definition) is 0. The van der Waals surface area contributed by atoms with Crippen molar-refractivity contribution in [2.45, 2.75) is 18.7 Å². The molecule has 0 aromatic heterocycles. The maximum absolute atomic E-state index is 14.3. The maximum atomic E-state index is 14.3. The van der Waals surface area contributed by atoms with Crippen LogP contribution in [0.2, 0.25) is 0 Å². The number of nitro benzene ring substituents is 1. The number of anilines is 1. The molecule has 0 unspecified atom stereocenters. The van der Waals surface area contributed by atoms with Gasteiger partial charge in [-0.2, -0.15) is 0 Å². The predicted molar refractivity (Wildman–Crippen MR) is 95.4 cm³/mol. The van der Waals surface area contributed by atoms with Crippen LogP contribution in [0.15, 0.2) is 41.3 Å². The highest BCUT2D eigenvalue weighted by atomic mass is 32.2. The van der Waals surface area contributed by atoms with E-state index in [-0.39, 0.29) is 12.2 Å². The zero-order chi connectivity index (χ0) is 21.1. The second kappa shape index (κ2) is 8.30. The minimum Gasteiger partial charge on any atom is -0.465 e. The standard InChI is InChI=1S/C17H16F2N2O6S/c1-3-27-17(22)10-20(15-7-5-12(18)8-14(15)19)28(25,26)16-9-13(21(23)24)6-4-11(16)2/h4-9H,3,10H2,1-2H3. The predicted octanol–water partition coefficient (Wildman–Crippen LogP) is 2.94. The molecule has 0 saturated heterocycles. The summed E-state index contributed by atoms with van der Waals surface area (Å²) < 4.78 is 58.9. The van der Waals surface area contributed by atoms with Crippen LogP contribution in [0.3, 0.4) is 0 Å². The number of sulfonamides is 1. The van der Waals surface area contributed by atoms with E-state index in [4.69, 9.17) is 4.74 Å². The summed E-state index contributed by atoms with van der Waals surface area (Å²) in [5.41, 5.74) is -0.956. The van der Waals surface area contributed by atoms with Gasteiger partial charge in [0.15, 0.2) is 0 Å². The maximum Gasteiger partial charge on any atom is 0.326 e. The number of carbonyl (C=O) groups is 1. The molecule has 0 bridgehead atoms. The topological polar surface area (TPSA) is 107 Å². The molecule has 0 spiro atoms. The van der Waals surface area contributed by atoms with Gasteiger partial charge in [0.1, 0.15) is 18.2 Å². The van der Waals surface area contributed by atoms with E-state index in [9.17, 15) is 32.1 Å². The summed E-state index contributed by atoms with van der Waals surface area (Å²) in [7, 11) is -4.62. The smallest absolute Gasteiger partial charge is 0.326 e. The number of aryl methyl sites for hydroxylation is 1. The van der Waals surface area contributed by atoms with E-state index < -0.39 is 55.4 Å². The third-order valence-electron chi connectivity index (χ3n) is 3.71. The van der Waals surface area contributed by atoms with Crippen LogP contribution in [0.25, 0.3) is 0 Å². The zero-order valence-electron chi connectivity index (χ0n) is 14.9. The van der Waals surface area contributed by atoms with Gasteiger partial charge in [0.2, 0.25) is 0 Å². The zero-order valence-corrected chi connectivity index (χ0v) is 15.7. The highest BCUT2D eigenvalue weighted by Crippen LogP contribution is 2.30. The van der Waals surface area contributed by atoms with Gasteiger partial charge < -0.3 is 4.74 Å². The van der Waals surface area contributed by atoms with Crippen LogP contribution >= 0.6 is 0 Å². The lowest BCUT2D eigenvalue weighted by Gasteiger charge is -2.24. The van der Waals surface area contributed by atoms with Gasteiger partial charge in [-0.3, -0.25) is 19.2 Å². The van der Waals surface area contributed by atoms with Crippen LogP contribution in [-0.4, -0.2) is 32.5 Å². The molecule has 28 heavy (non-hydrogen) atoms. The average molecular weight is 414 g/mol. The molecule has 11 heteroatoms. The molecule has 8 nitrogen and oxygen atoms in total. The number of ether oxygens (including phenoxy) is 1. The normalized spacial score (nSPS) is 11.1. The third kappa shape index (κ3) is 4.42. The first kappa shape index (κ1) is 21.2. The Hall–Kier alpha value is -3.08. The average Bonchev–Trinajstić information content (AvgIpc) is 2.60. The van der Waals surface area contributed by atoms with E-state index in [0.717, 1.165) is 24.3 Å². The fraction of sp³-hybridized carbons (Fsp3) is 0.235. The molecule has 0 N–H and O–H groups in total. The molecule has 0 aliphatic rings. The molecule has 0 atom stereocenters. The first-order chi connectivity index (χ1) is 13.1. The van der Waals surface area contributed by atoms with E-state index in [0.29, 0.717) is 10.4 Å². The molecule has 0 radical (unpaired) electrons. The van der Waals surface area contributed by atoms with E-state index in [1.165, 1.54) is 19.9 Å². The van der Waals surface area contributed by atoms with E-state index in [1.807, 2.05) is 0 Å². The molecule has 0 aliphatic heterocycles. The summed E-state index contributed by atoms with van der Waals surface area (Å²) in [5.74, 6) is -3.14. The van der Waals surface area contributed by atoms with Crippen LogP contribution in [0, 0.1) is 28.7 Å². The fourth-order valence-electron chi connectivity index (χ4n) is 2.41. The summed E-state index contributed by atoms with van der Waals surface area (Å²) in [6, 6.07) is 5.28. The monoisotopic (exact) mass is 414 g/mol. The molecule has 150 valence electrons. The van der Waals surface area contributed by atoms with Gasteiger partial charge in [0.25, 0.3) is 15.7 Å². The molecule has 0 aliphatic carbocycles. The molecule has 2 rings (SSSR count). The van der Waals surface area contributed by atoms with E-state index in [2.05, 4.69) is 0 Å². The summed E-state index contributed by atoms with van der Waals surface area (Å²) in [4.78, 5) is 21.6. The first-order valence-electron chi connectivity index (χ1n) is 7.96. The number of carbonyl (C=O) groups excluding carboxylic acids is 1. The first-order valence-corrected chi connectivity index (χ1v) is 9.40. The van der Waals surface area contributed by atoms with Gasteiger partial charge in [-0.1, -0.05) is 6.07 Å². The number of hydrogen-bond acceptors (Lipinski definition) is 6. The van der Waals surface area contributed by atoms with Crippen LogP contribution in [0.1, 0.15) is 12.5 Å². The Morgan fingerprint density at radius 2 is 1.89 bits per heavy atom. The second-order valence-electron chi connectivity index (χ2n) is 5.62. The Kier molecular flexibility index (Phi) is 6.29. The summed E-state index contributed by atoms with van der Waals surface area (Å²) in [6.45, 7) is 1.94. The van der Waals surface area contributed by atoms with Gasteiger partial charge in [0, 0.05) is 18.2 Å².